The van der Waals surface area contributed by atoms with Gasteiger partial charge >= 0.3 is 0 Å². The van der Waals surface area contributed by atoms with E-state index in [-0.39, 0.29) is 5.91 Å². The van der Waals surface area contributed by atoms with Crippen LogP contribution in [0, 0.1) is 0 Å². The summed E-state index contributed by atoms with van der Waals surface area (Å²) in [6.45, 7) is 0. The van der Waals surface area contributed by atoms with Gasteiger partial charge in [-0.25, -0.2) is 5.84 Å². The lowest BCUT2D eigenvalue weighted by Crippen LogP contribution is -2.29. The van der Waals surface area contributed by atoms with Gasteiger partial charge in [-0.15, -0.1) is 11.8 Å². The topological polar surface area (TPSA) is 81.1 Å². The molecule has 4 nitrogen and oxygen atoms in total. The predicted molar refractivity (Wildman–Crippen MR) is 78.5 cm³/mol. The Hall–Kier alpha value is -1.98. The number of anilines is 1. The molecule has 0 aliphatic rings. The molecule has 0 heterocycles. The SMILES string of the molecule is NNC(=O)c1cccc(CSc2ccc(N)cc2)c1. The predicted octanol–water partition coefficient (Wildman–Crippen LogP) is 2.16. The Morgan fingerprint density at radius 3 is 2.58 bits per heavy atom. The summed E-state index contributed by atoms with van der Waals surface area (Å²) in [5.74, 6) is 5.63. The maximum absolute atomic E-state index is 11.4. The second-order valence-corrected chi connectivity index (χ2v) is 5.08. The molecule has 2 aromatic carbocycles. The van der Waals surface area contributed by atoms with E-state index >= 15 is 0 Å². The van der Waals surface area contributed by atoms with E-state index in [0.717, 1.165) is 21.9 Å². The van der Waals surface area contributed by atoms with Crippen molar-refractivity contribution in [1.82, 2.24) is 5.43 Å². The Balaban J connectivity index is 2.03. The van der Waals surface area contributed by atoms with Gasteiger partial charge in [0, 0.05) is 21.9 Å². The highest BCUT2D eigenvalue weighted by Crippen LogP contribution is 2.23. The van der Waals surface area contributed by atoms with Gasteiger partial charge in [-0.05, 0) is 42.0 Å². The Kier molecular flexibility index (Phi) is 4.43. The van der Waals surface area contributed by atoms with Gasteiger partial charge in [-0.2, -0.15) is 0 Å². The molecule has 0 aliphatic carbocycles. The maximum Gasteiger partial charge on any atom is 0.265 e. The summed E-state index contributed by atoms with van der Waals surface area (Å²) in [7, 11) is 0. The third-order valence-corrected chi connectivity index (χ3v) is 3.69. The number of carbonyl (C=O) groups excluding carboxylic acids is 1. The summed E-state index contributed by atoms with van der Waals surface area (Å²) in [5, 5.41) is 0. The molecule has 0 unspecified atom stereocenters. The smallest absolute Gasteiger partial charge is 0.265 e. The standard InChI is InChI=1S/C14H15N3OS/c15-12-4-6-13(7-5-12)19-9-10-2-1-3-11(8-10)14(18)17-16/h1-8H,9,15-16H2,(H,17,18). The lowest BCUT2D eigenvalue weighted by molar-refractivity contribution is 0.0953. The van der Waals surface area contributed by atoms with Crippen LogP contribution in [-0.2, 0) is 5.75 Å². The summed E-state index contributed by atoms with van der Waals surface area (Å²) in [6, 6.07) is 15.1. The number of nitrogens with two attached hydrogens (primary N) is 2. The fraction of sp³-hybridized carbons (Fsp3) is 0.0714. The number of thioether (sulfide) groups is 1. The second kappa shape index (κ2) is 6.26. The van der Waals surface area contributed by atoms with Crippen molar-refractivity contribution in [3.63, 3.8) is 0 Å². The minimum absolute atomic E-state index is 0.278. The molecule has 2 aromatic rings. The molecular formula is C14H15N3OS. The molecule has 0 fully saturated rings. The van der Waals surface area contributed by atoms with Crippen molar-refractivity contribution in [3.05, 3.63) is 59.7 Å². The van der Waals surface area contributed by atoms with Crippen LogP contribution in [0.25, 0.3) is 0 Å². The van der Waals surface area contributed by atoms with E-state index in [2.05, 4.69) is 5.43 Å². The zero-order valence-electron chi connectivity index (χ0n) is 10.3. The number of nitrogen functional groups attached to an aromatic ring is 2. The number of hydrogen-bond acceptors (Lipinski definition) is 4. The Morgan fingerprint density at radius 1 is 1.16 bits per heavy atom. The first kappa shape index (κ1) is 13.5. The van der Waals surface area contributed by atoms with Gasteiger partial charge in [-0.3, -0.25) is 10.2 Å². The zero-order chi connectivity index (χ0) is 13.7. The summed E-state index contributed by atoms with van der Waals surface area (Å²) in [4.78, 5) is 12.6. The third-order valence-electron chi connectivity index (χ3n) is 2.61. The van der Waals surface area contributed by atoms with Crippen molar-refractivity contribution < 1.29 is 4.79 Å². The van der Waals surface area contributed by atoms with Crippen LogP contribution in [0.5, 0.6) is 0 Å². The van der Waals surface area contributed by atoms with Crippen molar-refractivity contribution in [2.75, 3.05) is 5.73 Å². The first-order valence-corrected chi connectivity index (χ1v) is 6.76. The number of carbonyl (C=O) groups is 1. The second-order valence-electron chi connectivity index (χ2n) is 4.03. The molecule has 2 rings (SSSR count). The molecule has 0 atom stereocenters. The normalized spacial score (nSPS) is 10.2. The molecule has 0 bridgehead atoms. The van der Waals surface area contributed by atoms with Gasteiger partial charge in [0.1, 0.15) is 0 Å². The van der Waals surface area contributed by atoms with Crippen LogP contribution in [0.2, 0.25) is 0 Å². The summed E-state index contributed by atoms with van der Waals surface area (Å²) < 4.78 is 0. The van der Waals surface area contributed by atoms with Crippen molar-refractivity contribution in [3.8, 4) is 0 Å². The third kappa shape index (κ3) is 3.74. The van der Waals surface area contributed by atoms with E-state index < -0.39 is 0 Å². The highest BCUT2D eigenvalue weighted by molar-refractivity contribution is 7.98. The first-order chi connectivity index (χ1) is 9.19. The van der Waals surface area contributed by atoms with Gasteiger partial charge in [0.2, 0.25) is 0 Å². The molecule has 0 radical (unpaired) electrons. The molecule has 19 heavy (non-hydrogen) atoms. The molecule has 98 valence electrons. The number of hydrazine groups is 1. The number of amides is 1. The number of rotatable bonds is 4. The van der Waals surface area contributed by atoms with Crippen LogP contribution in [-0.4, -0.2) is 5.91 Å². The lowest BCUT2D eigenvalue weighted by Gasteiger charge is -2.05. The minimum Gasteiger partial charge on any atom is -0.399 e. The minimum atomic E-state index is -0.278. The molecule has 0 aliphatic heterocycles. The molecule has 0 saturated heterocycles. The van der Waals surface area contributed by atoms with Crippen LogP contribution in [0.15, 0.2) is 53.4 Å². The highest BCUT2D eigenvalue weighted by Gasteiger charge is 2.04. The van der Waals surface area contributed by atoms with Gasteiger partial charge in [0.05, 0.1) is 0 Å². The number of benzene rings is 2. The summed E-state index contributed by atoms with van der Waals surface area (Å²) in [5.41, 5.74) is 10.2. The quantitative estimate of drug-likeness (QED) is 0.262. The van der Waals surface area contributed by atoms with Crippen LogP contribution in [0.3, 0.4) is 0 Å². The van der Waals surface area contributed by atoms with Crippen LogP contribution < -0.4 is 17.0 Å². The molecule has 5 heteroatoms. The van der Waals surface area contributed by atoms with E-state index in [9.17, 15) is 4.79 Å². The summed E-state index contributed by atoms with van der Waals surface area (Å²) in [6.07, 6.45) is 0. The van der Waals surface area contributed by atoms with E-state index in [1.165, 1.54) is 0 Å². The fourth-order valence-electron chi connectivity index (χ4n) is 1.62. The average Bonchev–Trinajstić information content (AvgIpc) is 2.46. The Bertz CT molecular complexity index is 569. The fourth-order valence-corrected chi connectivity index (χ4v) is 2.46. The molecule has 0 saturated carbocycles. The molecule has 0 spiro atoms. The first-order valence-electron chi connectivity index (χ1n) is 5.77. The van der Waals surface area contributed by atoms with Crippen LogP contribution in [0.1, 0.15) is 15.9 Å². The Labute approximate surface area is 116 Å². The van der Waals surface area contributed by atoms with Gasteiger partial charge in [0.25, 0.3) is 5.91 Å². The molecule has 5 N–H and O–H groups in total. The van der Waals surface area contributed by atoms with Gasteiger partial charge < -0.3 is 5.73 Å². The van der Waals surface area contributed by atoms with E-state index in [0.29, 0.717) is 5.56 Å². The number of hydrogen-bond donors (Lipinski definition) is 3. The van der Waals surface area contributed by atoms with Crippen molar-refractivity contribution in [1.29, 1.82) is 0 Å². The molecule has 0 aromatic heterocycles. The average molecular weight is 273 g/mol. The lowest BCUT2D eigenvalue weighted by atomic mass is 10.1. The monoisotopic (exact) mass is 273 g/mol. The maximum atomic E-state index is 11.4. The molecule has 1 amide bonds. The van der Waals surface area contributed by atoms with Gasteiger partial charge in [-0.1, -0.05) is 12.1 Å². The van der Waals surface area contributed by atoms with E-state index in [1.807, 2.05) is 42.5 Å². The Morgan fingerprint density at radius 2 is 1.89 bits per heavy atom. The van der Waals surface area contributed by atoms with E-state index in [4.69, 9.17) is 11.6 Å². The zero-order valence-corrected chi connectivity index (χ0v) is 11.1. The van der Waals surface area contributed by atoms with Crippen molar-refractivity contribution in [2.24, 2.45) is 5.84 Å². The largest absolute Gasteiger partial charge is 0.399 e. The highest BCUT2D eigenvalue weighted by atomic mass is 32.2. The van der Waals surface area contributed by atoms with E-state index in [1.54, 1.807) is 17.8 Å². The van der Waals surface area contributed by atoms with Crippen molar-refractivity contribution >= 4 is 23.4 Å². The molecular weight excluding hydrogens is 258 g/mol. The van der Waals surface area contributed by atoms with Crippen LogP contribution >= 0.6 is 11.8 Å². The summed E-state index contributed by atoms with van der Waals surface area (Å²) >= 11 is 1.69. The van der Waals surface area contributed by atoms with Gasteiger partial charge in [0.15, 0.2) is 0 Å². The van der Waals surface area contributed by atoms with Crippen LogP contribution in [0.4, 0.5) is 5.69 Å². The van der Waals surface area contributed by atoms with Crippen molar-refractivity contribution in [2.45, 2.75) is 10.6 Å². The number of nitrogens with one attached hydrogen (secondary N) is 1.